The van der Waals surface area contributed by atoms with Crippen LogP contribution in [0.25, 0.3) is 0 Å². The van der Waals surface area contributed by atoms with Crippen molar-refractivity contribution in [1.29, 1.82) is 0 Å². The first kappa shape index (κ1) is 17.9. The number of ketones is 1. The minimum atomic E-state index is -0.485. The van der Waals surface area contributed by atoms with Crippen LogP contribution in [-0.4, -0.2) is 24.1 Å². The Morgan fingerprint density at radius 3 is 2.65 bits per heavy atom. The molecule has 6 nitrogen and oxygen atoms in total. The molecule has 2 N–H and O–H groups in total. The Kier molecular flexibility index (Phi) is 4.93. The van der Waals surface area contributed by atoms with Gasteiger partial charge >= 0.3 is 0 Å². The summed E-state index contributed by atoms with van der Waals surface area (Å²) < 4.78 is 5.78. The first-order valence-electron chi connectivity index (χ1n) is 8.70. The zero-order valence-electron chi connectivity index (χ0n) is 15.0. The smallest absolute Gasteiger partial charge is 0.294 e. The number of amides is 2. The number of fused-ring (bicyclic) bond motifs is 1. The van der Waals surface area contributed by atoms with Crippen molar-refractivity contribution in [3.8, 4) is 0 Å². The van der Waals surface area contributed by atoms with Crippen molar-refractivity contribution < 1.29 is 18.8 Å². The highest BCUT2D eigenvalue weighted by Gasteiger charge is 2.31. The van der Waals surface area contributed by atoms with Crippen molar-refractivity contribution in [1.82, 2.24) is 0 Å². The van der Waals surface area contributed by atoms with Crippen LogP contribution in [0.4, 0.5) is 5.69 Å². The lowest BCUT2D eigenvalue weighted by molar-refractivity contribution is -0.117. The van der Waals surface area contributed by atoms with Gasteiger partial charge in [0.05, 0.1) is 5.56 Å². The fourth-order valence-corrected chi connectivity index (χ4v) is 3.34. The number of carbonyl (C=O) groups excluding carboxylic acids is 3. The third-order valence-corrected chi connectivity index (χ3v) is 4.64. The molecular weight excluding hydrogens is 332 g/mol. The Morgan fingerprint density at radius 2 is 2.00 bits per heavy atom. The largest absolute Gasteiger partial charge is 0.455 e. The molecule has 0 radical (unpaired) electrons. The van der Waals surface area contributed by atoms with E-state index < -0.39 is 5.91 Å². The van der Waals surface area contributed by atoms with E-state index >= 15 is 0 Å². The highest BCUT2D eigenvalue weighted by molar-refractivity contribution is 6.08. The van der Waals surface area contributed by atoms with Gasteiger partial charge < -0.3 is 15.1 Å². The number of hydrogen-bond acceptors (Lipinski definition) is 4. The van der Waals surface area contributed by atoms with Gasteiger partial charge in [-0.1, -0.05) is 12.1 Å². The second-order valence-corrected chi connectivity index (χ2v) is 6.64. The highest BCUT2D eigenvalue weighted by Crippen LogP contribution is 2.31. The number of nitrogens with zero attached hydrogens (tertiary/aromatic N) is 1. The molecule has 1 aromatic carbocycles. The van der Waals surface area contributed by atoms with E-state index in [2.05, 4.69) is 0 Å². The van der Waals surface area contributed by atoms with Crippen molar-refractivity contribution in [2.24, 2.45) is 5.73 Å². The molecule has 1 aliphatic rings. The molecule has 1 aliphatic carbocycles. The molecule has 1 aromatic heterocycles. The summed E-state index contributed by atoms with van der Waals surface area (Å²) in [6, 6.07) is 7.44. The van der Waals surface area contributed by atoms with Gasteiger partial charge in [-0.05, 0) is 38.0 Å². The van der Waals surface area contributed by atoms with Gasteiger partial charge in [0.2, 0.25) is 5.91 Å². The van der Waals surface area contributed by atoms with Gasteiger partial charge in [0.15, 0.2) is 11.5 Å². The Bertz CT molecular complexity index is 882. The van der Waals surface area contributed by atoms with Crippen LogP contribution in [0.1, 0.15) is 57.1 Å². The summed E-state index contributed by atoms with van der Waals surface area (Å²) in [5.41, 5.74) is 8.04. The van der Waals surface area contributed by atoms with Crippen LogP contribution >= 0.6 is 0 Å². The number of Topliss-reactive ketones (excluding diaryl/α,β-unsaturated/α-hetero) is 1. The average molecular weight is 354 g/mol. The maximum atomic E-state index is 13.2. The predicted molar refractivity (Wildman–Crippen MR) is 97.4 cm³/mol. The van der Waals surface area contributed by atoms with E-state index in [4.69, 9.17) is 10.2 Å². The molecule has 0 fully saturated rings. The molecule has 1 heterocycles. The van der Waals surface area contributed by atoms with Crippen molar-refractivity contribution in [2.75, 3.05) is 11.4 Å². The quantitative estimate of drug-likeness (QED) is 0.893. The van der Waals surface area contributed by atoms with Crippen molar-refractivity contribution in [3.63, 3.8) is 0 Å². The van der Waals surface area contributed by atoms with E-state index in [1.165, 1.54) is 4.90 Å². The molecule has 0 bridgehead atoms. The first-order valence-corrected chi connectivity index (χ1v) is 8.70. The number of nitrogens with two attached hydrogens (primary N) is 1. The molecule has 26 heavy (non-hydrogen) atoms. The van der Waals surface area contributed by atoms with Crippen LogP contribution in [0.15, 0.2) is 28.7 Å². The number of benzene rings is 1. The van der Waals surface area contributed by atoms with E-state index in [0.29, 0.717) is 35.4 Å². The molecule has 0 saturated heterocycles. The molecule has 0 aliphatic heterocycles. The Hall–Kier alpha value is -2.89. The topological polar surface area (TPSA) is 93.6 Å². The Labute approximate surface area is 152 Å². The number of primary amides is 1. The number of rotatable bonds is 5. The minimum Gasteiger partial charge on any atom is -0.455 e. The van der Waals surface area contributed by atoms with E-state index in [1.54, 1.807) is 13.0 Å². The standard InChI is InChI=1S/C20H22N2O4/c1-12-5-3-6-14(11-12)22(10-9-17(21)24)20(25)19-13(2)18-15(23)7-4-8-16(18)26-19/h3,5-6,11H,4,7-10H2,1-2H3,(H2,21,24). The van der Waals surface area contributed by atoms with Gasteiger partial charge in [0.1, 0.15) is 5.76 Å². The second-order valence-electron chi connectivity index (χ2n) is 6.64. The minimum absolute atomic E-state index is 0.0193. The van der Waals surface area contributed by atoms with Gasteiger partial charge in [-0.25, -0.2) is 0 Å². The first-order chi connectivity index (χ1) is 12.4. The molecule has 6 heteroatoms. The molecule has 2 aromatic rings. The number of carbonyl (C=O) groups is 3. The predicted octanol–water partition coefficient (Wildman–Crippen LogP) is 2.94. The lowest BCUT2D eigenvalue weighted by atomic mass is 9.94. The molecule has 0 spiro atoms. The summed E-state index contributed by atoms with van der Waals surface area (Å²) in [6.07, 6.45) is 1.90. The molecule has 2 amide bonds. The van der Waals surface area contributed by atoms with Crippen LogP contribution in [-0.2, 0) is 11.2 Å². The summed E-state index contributed by atoms with van der Waals surface area (Å²) in [6.45, 7) is 3.81. The van der Waals surface area contributed by atoms with Crippen LogP contribution in [0.2, 0.25) is 0 Å². The molecule has 136 valence electrons. The maximum absolute atomic E-state index is 13.2. The van der Waals surface area contributed by atoms with E-state index in [9.17, 15) is 14.4 Å². The highest BCUT2D eigenvalue weighted by atomic mass is 16.4. The van der Waals surface area contributed by atoms with E-state index in [0.717, 1.165) is 12.0 Å². The van der Waals surface area contributed by atoms with Crippen LogP contribution in [0.3, 0.4) is 0 Å². The van der Waals surface area contributed by atoms with Gasteiger partial charge in [-0.3, -0.25) is 14.4 Å². The maximum Gasteiger partial charge on any atom is 0.294 e. The summed E-state index contributed by atoms with van der Waals surface area (Å²) >= 11 is 0. The third kappa shape index (κ3) is 3.40. The van der Waals surface area contributed by atoms with Gasteiger partial charge in [0, 0.05) is 37.1 Å². The molecular formula is C20H22N2O4. The monoisotopic (exact) mass is 354 g/mol. The third-order valence-electron chi connectivity index (χ3n) is 4.64. The lowest BCUT2D eigenvalue weighted by Crippen LogP contribution is -2.34. The fourth-order valence-electron chi connectivity index (χ4n) is 3.34. The summed E-state index contributed by atoms with van der Waals surface area (Å²) in [5, 5.41) is 0. The second kappa shape index (κ2) is 7.15. The summed E-state index contributed by atoms with van der Waals surface area (Å²) in [4.78, 5) is 38.1. The summed E-state index contributed by atoms with van der Waals surface area (Å²) in [7, 11) is 0. The number of aryl methyl sites for hydroxylation is 2. The normalized spacial score (nSPS) is 13.4. The van der Waals surface area contributed by atoms with Crippen LogP contribution in [0.5, 0.6) is 0 Å². The molecule has 0 saturated carbocycles. The Morgan fingerprint density at radius 1 is 1.23 bits per heavy atom. The van der Waals surface area contributed by atoms with Crippen LogP contribution < -0.4 is 10.6 Å². The van der Waals surface area contributed by atoms with Gasteiger partial charge in [-0.2, -0.15) is 0 Å². The van der Waals surface area contributed by atoms with Crippen molar-refractivity contribution in [2.45, 2.75) is 39.5 Å². The van der Waals surface area contributed by atoms with E-state index in [1.807, 2.05) is 25.1 Å². The van der Waals surface area contributed by atoms with Gasteiger partial charge in [-0.15, -0.1) is 0 Å². The van der Waals surface area contributed by atoms with Crippen molar-refractivity contribution >= 4 is 23.3 Å². The number of furan rings is 1. The van der Waals surface area contributed by atoms with Crippen LogP contribution in [0, 0.1) is 13.8 Å². The van der Waals surface area contributed by atoms with Gasteiger partial charge in [0.25, 0.3) is 5.91 Å². The Balaban J connectivity index is 2.00. The van der Waals surface area contributed by atoms with E-state index in [-0.39, 0.29) is 30.4 Å². The zero-order valence-corrected chi connectivity index (χ0v) is 15.0. The van der Waals surface area contributed by atoms with Crippen molar-refractivity contribution in [3.05, 3.63) is 52.5 Å². The summed E-state index contributed by atoms with van der Waals surface area (Å²) in [5.74, 6) is -0.0825. The molecule has 3 rings (SSSR count). The lowest BCUT2D eigenvalue weighted by Gasteiger charge is -2.22. The average Bonchev–Trinajstić information content (AvgIpc) is 2.93. The SMILES string of the molecule is Cc1cccc(N(CCC(N)=O)C(=O)c2oc3c(c2C)C(=O)CCC3)c1. The zero-order chi connectivity index (χ0) is 18.8. The number of anilines is 1. The number of hydrogen-bond donors (Lipinski definition) is 1. The fraction of sp³-hybridized carbons (Fsp3) is 0.350. The molecule has 0 atom stereocenters. The molecule has 0 unspecified atom stereocenters.